The van der Waals surface area contributed by atoms with Crippen LogP contribution in [0, 0.1) is 0 Å². The molecule has 1 aromatic carbocycles. The molecule has 0 saturated carbocycles. The van der Waals surface area contributed by atoms with Crippen molar-refractivity contribution < 1.29 is 0 Å². The minimum absolute atomic E-state index is 0.816. The summed E-state index contributed by atoms with van der Waals surface area (Å²) < 4.78 is 1.84. The van der Waals surface area contributed by atoms with Gasteiger partial charge in [-0.1, -0.05) is 24.3 Å². The van der Waals surface area contributed by atoms with E-state index in [0.717, 1.165) is 27.5 Å². The van der Waals surface area contributed by atoms with Crippen LogP contribution in [0.4, 0.5) is 0 Å². The van der Waals surface area contributed by atoms with Crippen LogP contribution in [0.25, 0.3) is 16.7 Å². The molecule has 0 aliphatic carbocycles. The van der Waals surface area contributed by atoms with Crippen LogP contribution in [-0.4, -0.2) is 24.7 Å². The van der Waals surface area contributed by atoms with Gasteiger partial charge in [0.15, 0.2) is 5.65 Å². The van der Waals surface area contributed by atoms with Gasteiger partial charge in [-0.25, -0.2) is 14.6 Å². The zero-order valence-corrected chi connectivity index (χ0v) is 13.0. The molecule has 3 heterocycles. The van der Waals surface area contributed by atoms with E-state index in [0.29, 0.717) is 0 Å². The second kappa shape index (κ2) is 6.18. The number of rotatable bonds is 4. The van der Waals surface area contributed by atoms with Gasteiger partial charge in [0.1, 0.15) is 11.4 Å². The number of aromatic nitrogens is 5. The molecule has 0 fully saturated rings. The van der Waals surface area contributed by atoms with E-state index in [1.807, 2.05) is 53.5 Å². The average molecular weight is 319 g/mol. The minimum Gasteiger partial charge on any atom is -0.264 e. The normalized spacial score (nSPS) is 11.0. The summed E-state index contributed by atoms with van der Waals surface area (Å²) in [4.78, 5) is 12.9. The van der Waals surface area contributed by atoms with Crippen LogP contribution in [0.3, 0.4) is 0 Å². The lowest BCUT2D eigenvalue weighted by atomic mass is 10.3. The van der Waals surface area contributed by atoms with E-state index >= 15 is 0 Å². The lowest BCUT2D eigenvalue weighted by Gasteiger charge is -2.04. The van der Waals surface area contributed by atoms with E-state index in [1.165, 1.54) is 5.56 Å². The number of pyridine rings is 1. The van der Waals surface area contributed by atoms with Crippen LogP contribution in [-0.2, 0) is 5.75 Å². The molecule has 3 aromatic heterocycles. The summed E-state index contributed by atoms with van der Waals surface area (Å²) in [6.45, 7) is 0. The number of thioether (sulfide) groups is 1. The maximum Gasteiger partial charge on any atom is 0.167 e. The van der Waals surface area contributed by atoms with Gasteiger partial charge in [0.05, 0.1) is 17.3 Å². The Morgan fingerprint density at radius 2 is 1.87 bits per heavy atom. The highest BCUT2D eigenvalue weighted by Gasteiger charge is 2.11. The Morgan fingerprint density at radius 1 is 0.957 bits per heavy atom. The molecule has 0 aliphatic rings. The predicted octanol–water partition coefficient (Wildman–Crippen LogP) is 3.50. The molecule has 0 atom stereocenters. The first-order valence-electron chi connectivity index (χ1n) is 7.18. The molecule has 0 spiro atoms. The quantitative estimate of drug-likeness (QED) is 0.425. The topological polar surface area (TPSA) is 56.5 Å². The van der Waals surface area contributed by atoms with Gasteiger partial charge in [-0.05, 0) is 23.8 Å². The van der Waals surface area contributed by atoms with Crippen LogP contribution in [0.1, 0.15) is 5.56 Å². The Labute approximate surface area is 137 Å². The Balaban J connectivity index is 1.68. The van der Waals surface area contributed by atoms with Crippen molar-refractivity contribution >= 4 is 22.8 Å². The third-order valence-corrected chi connectivity index (χ3v) is 4.50. The van der Waals surface area contributed by atoms with Crippen LogP contribution in [0.15, 0.2) is 72.4 Å². The van der Waals surface area contributed by atoms with Gasteiger partial charge in [-0.15, -0.1) is 11.8 Å². The number of hydrogen-bond donors (Lipinski definition) is 0. The van der Waals surface area contributed by atoms with Crippen molar-refractivity contribution in [3.63, 3.8) is 0 Å². The minimum atomic E-state index is 0.816. The molecule has 6 heteroatoms. The first-order chi connectivity index (χ1) is 11.4. The van der Waals surface area contributed by atoms with Gasteiger partial charge in [0, 0.05) is 18.1 Å². The lowest BCUT2D eigenvalue weighted by molar-refractivity contribution is 0.893. The van der Waals surface area contributed by atoms with Crippen molar-refractivity contribution in [3.05, 3.63) is 72.9 Å². The molecule has 0 bridgehead atoms. The Kier molecular flexibility index (Phi) is 3.73. The van der Waals surface area contributed by atoms with Gasteiger partial charge in [-0.2, -0.15) is 5.10 Å². The summed E-state index contributed by atoms with van der Waals surface area (Å²) in [6.07, 6.45) is 7.07. The number of fused-ring (bicyclic) bond motifs is 1. The maximum atomic E-state index is 4.47. The van der Waals surface area contributed by atoms with Crippen molar-refractivity contribution in [2.75, 3.05) is 0 Å². The molecule has 0 saturated heterocycles. The van der Waals surface area contributed by atoms with Gasteiger partial charge < -0.3 is 0 Å². The molecule has 4 rings (SSSR count). The molecule has 23 heavy (non-hydrogen) atoms. The molecule has 5 nitrogen and oxygen atoms in total. The van der Waals surface area contributed by atoms with E-state index in [9.17, 15) is 0 Å². The zero-order valence-electron chi connectivity index (χ0n) is 12.2. The second-order valence-corrected chi connectivity index (χ2v) is 5.92. The zero-order chi connectivity index (χ0) is 15.5. The highest BCUT2D eigenvalue weighted by atomic mass is 32.2. The molecule has 0 aliphatic heterocycles. The predicted molar refractivity (Wildman–Crippen MR) is 90.5 cm³/mol. The molecule has 0 radical (unpaired) electrons. The molecule has 112 valence electrons. The third kappa shape index (κ3) is 2.80. The molecule has 0 N–H and O–H groups in total. The maximum absolute atomic E-state index is 4.47. The van der Waals surface area contributed by atoms with Gasteiger partial charge in [0.2, 0.25) is 0 Å². The number of para-hydroxylation sites is 1. The van der Waals surface area contributed by atoms with Gasteiger partial charge in [0.25, 0.3) is 0 Å². The summed E-state index contributed by atoms with van der Waals surface area (Å²) >= 11 is 1.67. The van der Waals surface area contributed by atoms with Crippen LogP contribution in [0.2, 0.25) is 0 Å². The third-order valence-electron chi connectivity index (χ3n) is 3.43. The van der Waals surface area contributed by atoms with Gasteiger partial charge >= 0.3 is 0 Å². The largest absolute Gasteiger partial charge is 0.264 e. The summed E-state index contributed by atoms with van der Waals surface area (Å²) in [7, 11) is 0. The van der Waals surface area contributed by atoms with E-state index in [1.54, 1.807) is 24.3 Å². The van der Waals surface area contributed by atoms with Gasteiger partial charge in [-0.3, -0.25) is 4.98 Å². The molecular weight excluding hydrogens is 306 g/mol. The Hall–Kier alpha value is -2.73. The summed E-state index contributed by atoms with van der Waals surface area (Å²) in [6, 6.07) is 14.0. The fraction of sp³-hybridized carbons (Fsp3) is 0.0588. The molecular formula is C17H13N5S. The summed E-state index contributed by atoms with van der Waals surface area (Å²) in [5, 5.41) is 6.36. The standard InChI is InChI=1S/C17H13N5S/c1-2-6-14(7-3-1)22-16-15(10-21-22)17(20-12-19-16)23-11-13-5-4-8-18-9-13/h1-10,12H,11H2. The monoisotopic (exact) mass is 319 g/mol. The summed E-state index contributed by atoms with van der Waals surface area (Å²) in [5.41, 5.74) is 2.98. The van der Waals surface area contributed by atoms with E-state index < -0.39 is 0 Å². The number of hydrogen-bond acceptors (Lipinski definition) is 5. The number of benzene rings is 1. The highest BCUT2D eigenvalue weighted by Crippen LogP contribution is 2.27. The SMILES string of the molecule is c1ccc(-n2ncc3c(SCc4cccnc4)ncnc32)cc1. The smallest absolute Gasteiger partial charge is 0.167 e. The Morgan fingerprint density at radius 3 is 2.70 bits per heavy atom. The molecule has 0 unspecified atom stereocenters. The van der Waals surface area contributed by atoms with E-state index in [2.05, 4.69) is 26.1 Å². The lowest BCUT2D eigenvalue weighted by Crippen LogP contribution is -1.97. The van der Waals surface area contributed by atoms with Crippen molar-refractivity contribution in [3.8, 4) is 5.69 Å². The fourth-order valence-corrected chi connectivity index (χ4v) is 3.23. The number of nitrogens with zero attached hydrogens (tertiary/aromatic N) is 5. The van der Waals surface area contributed by atoms with E-state index in [4.69, 9.17) is 0 Å². The summed E-state index contributed by atoms with van der Waals surface area (Å²) in [5.74, 6) is 0.816. The Bertz CT molecular complexity index is 922. The van der Waals surface area contributed by atoms with Crippen molar-refractivity contribution in [1.82, 2.24) is 24.7 Å². The van der Waals surface area contributed by atoms with Crippen molar-refractivity contribution in [2.45, 2.75) is 10.8 Å². The van der Waals surface area contributed by atoms with Crippen LogP contribution in [0.5, 0.6) is 0 Å². The van der Waals surface area contributed by atoms with Crippen molar-refractivity contribution in [1.29, 1.82) is 0 Å². The first kappa shape index (κ1) is 13.9. The van der Waals surface area contributed by atoms with Crippen LogP contribution < -0.4 is 0 Å². The van der Waals surface area contributed by atoms with Crippen molar-refractivity contribution in [2.24, 2.45) is 0 Å². The first-order valence-corrected chi connectivity index (χ1v) is 8.16. The second-order valence-electron chi connectivity index (χ2n) is 4.96. The average Bonchev–Trinajstić information content (AvgIpc) is 3.06. The van der Waals surface area contributed by atoms with E-state index in [-0.39, 0.29) is 0 Å². The highest BCUT2D eigenvalue weighted by molar-refractivity contribution is 7.98. The molecule has 4 aromatic rings. The molecule has 0 amide bonds. The fourth-order valence-electron chi connectivity index (χ4n) is 2.33. The van der Waals surface area contributed by atoms with Crippen LogP contribution >= 0.6 is 11.8 Å².